The van der Waals surface area contributed by atoms with Crippen LogP contribution in [0.3, 0.4) is 0 Å². The zero-order valence-electron chi connectivity index (χ0n) is 19.8. The molecular formula is C27H27N3O5. The lowest BCUT2D eigenvalue weighted by atomic mass is 10.0. The number of carbonyl (C=O) groups is 1. The van der Waals surface area contributed by atoms with E-state index in [0.717, 1.165) is 41.9 Å². The first-order valence-electron chi connectivity index (χ1n) is 11.6. The lowest BCUT2D eigenvalue weighted by molar-refractivity contribution is 0.0528. The van der Waals surface area contributed by atoms with Crippen molar-refractivity contribution >= 4 is 5.91 Å². The molecular weight excluding hydrogens is 446 g/mol. The Balaban J connectivity index is 1.34. The number of amides is 1. The zero-order chi connectivity index (χ0) is 24.2. The Labute approximate surface area is 203 Å². The molecule has 1 saturated heterocycles. The van der Waals surface area contributed by atoms with Gasteiger partial charge < -0.3 is 23.3 Å². The first-order valence-corrected chi connectivity index (χ1v) is 11.6. The Morgan fingerprint density at radius 3 is 2.69 bits per heavy atom. The Hall–Kier alpha value is -4.07. The van der Waals surface area contributed by atoms with Gasteiger partial charge in [0.05, 0.1) is 20.4 Å². The van der Waals surface area contributed by atoms with Gasteiger partial charge in [0.2, 0.25) is 11.7 Å². The molecule has 3 heterocycles. The van der Waals surface area contributed by atoms with E-state index in [1.165, 1.54) is 0 Å². The number of ether oxygens (including phenoxy) is 2. The molecule has 1 aliphatic rings. The topological polar surface area (TPSA) is 90.8 Å². The van der Waals surface area contributed by atoms with Crippen LogP contribution in [0.2, 0.25) is 0 Å². The maximum atomic E-state index is 13.4. The smallest absolute Gasteiger partial charge is 0.293 e. The van der Waals surface area contributed by atoms with Crippen LogP contribution < -0.4 is 9.47 Å². The average Bonchev–Trinajstić information content (AvgIpc) is 3.59. The monoisotopic (exact) mass is 473 g/mol. The number of nitrogens with zero attached hydrogens (tertiary/aromatic N) is 3. The number of carbonyl (C=O) groups excluding carboxylic acids is 1. The zero-order valence-corrected chi connectivity index (χ0v) is 19.8. The van der Waals surface area contributed by atoms with Crippen molar-refractivity contribution in [3.8, 4) is 22.8 Å². The van der Waals surface area contributed by atoms with Gasteiger partial charge in [-0.25, -0.2) is 4.98 Å². The second-order valence-corrected chi connectivity index (χ2v) is 8.51. The van der Waals surface area contributed by atoms with Crippen molar-refractivity contribution in [2.45, 2.75) is 31.7 Å². The maximum absolute atomic E-state index is 13.4. The predicted octanol–water partition coefficient (Wildman–Crippen LogP) is 5.31. The predicted molar refractivity (Wildman–Crippen MR) is 128 cm³/mol. The van der Waals surface area contributed by atoms with Crippen molar-refractivity contribution < 1.29 is 23.2 Å². The molecule has 1 atom stereocenters. The summed E-state index contributed by atoms with van der Waals surface area (Å²) in [6, 6.07) is 16.7. The van der Waals surface area contributed by atoms with Gasteiger partial charge in [0.15, 0.2) is 0 Å². The molecule has 8 nitrogen and oxygen atoms in total. The molecule has 1 unspecified atom stereocenters. The molecule has 2 aromatic heterocycles. The number of aromatic nitrogens is 2. The number of hydrogen-bond donors (Lipinski definition) is 0. The second-order valence-electron chi connectivity index (χ2n) is 8.51. The van der Waals surface area contributed by atoms with Crippen molar-refractivity contribution in [2.24, 2.45) is 0 Å². The van der Waals surface area contributed by atoms with E-state index < -0.39 is 0 Å². The third-order valence-corrected chi connectivity index (χ3v) is 6.22. The highest BCUT2D eigenvalue weighted by molar-refractivity contribution is 5.92. The van der Waals surface area contributed by atoms with Crippen molar-refractivity contribution in [3.05, 3.63) is 83.8 Å². The maximum Gasteiger partial charge on any atom is 0.293 e. The van der Waals surface area contributed by atoms with E-state index in [4.69, 9.17) is 18.4 Å². The molecule has 180 valence electrons. The first kappa shape index (κ1) is 22.7. The van der Waals surface area contributed by atoms with Gasteiger partial charge in [-0.2, -0.15) is 0 Å². The molecule has 1 amide bonds. The summed E-state index contributed by atoms with van der Waals surface area (Å²) in [4.78, 5) is 19.7. The molecule has 8 heteroatoms. The van der Waals surface area contributed by atoms with Crippen LogP contribution in [-0.4, -0.2) is 41.7 Å². The molecule has 5 rings (SSSR count). The highest BCUT2D eigenvalue weighted by atomic mass is 16.5. The molecule has 0 radical (unpaired) electrons. The summed E-state index contributed by atoms with van der Waals surface area (Å²) in [7, 11) is 3.26. The Morgan fingerprint density at radius 2 is 1.86 bits per heavy atom. The minimum absolute atomic E-state index is 0.192. The molecule has 0 bridgehead atoms. The van der Waals surface area contributed by atoms with Crippen LogP contribution in [0.5, 0.6) is 11.5 Å². The number of likely N-dealkylation sites (tertiary alicyclic amines) is 1. The molecule has 1 aliphatic heterocycles. The summed E-state index contributed by atoms with van der Waals surface area (Å²) < 4.78 is 22.2. The van der Waals surface area contributed by atoms with E-state index in [0.29, 0.717) is 30.3 Å². The van der Waals surface area contributed by atoms with E-state index in [1.54, 1.807) is 31.4 Å². The van der Waals surface area contributed by atoms with Crippen molar-refractivity contribution in [3.63, 3.8) is 0 Å². The van der Waals surface area contributed by atoms with Gasteiger partial charge in [0.1, 0.15) is 29.0 Å². The van der Waals surface area contributed by atoms with E-state index in [9.17, 15) is 4.79 Å². The minimum atomic E-state index is -0.249. The fourth-order valence-electron chi connectivity index (χ4n) is 4.41. The van der Waals surface area contributed by atoms with Gasteiger partial charge in [0.25, 0.3) is 5.91 Å². The fraction of sp³-hybridized carbons (Fsp3) is 0.296. The van der Waals surface area contributed by atoms with Gasteiger partial charge in [0, 0.05) is 24.6 Å². The largest absolute Gasteiger partial charge is 0.497 e. The molecule has 0 N–H and O–H groups in total. The number of piperidine rings is 1. The first-order chi connectivity index (χ1) is 17.1. The third kappa shape index (κ3) is 4.91. The van der Waals surface area contributed by atoms with E-state index in [2.05, 4.69) is 10.1 Å². The summed E-state index contributed by atoms with van der Waals surface area (Å²) in [6.07, 6.45) is 5.02. The Morgan fingerprint density at radius 1 is 1.06 bits per heavy atom. The van der Waals surface area contributed by atoms with Gasteiger partial charge in [-0.15, -0.1) is 0 Å². The highest BCUT2D eigenvalue weighted by Gasteiger charge is 2.34. The second kappa shape index (κ2) is 10.0. The number of methoxy groups -OCH3 is 2. The lowest BCUT2D eigenvalue weighted by Crippen LogP contribution is -2.38. The van der Waals surface area contributed by atoms with Crippen LogP contribution in [0.1, 0.15) is 53.1 Å². The van der Waals surface area contributed by atoms with Crippen LogP contribution in [0.25, 0.3) is 11.3 Å². The molecule has 2 aromatic carbocycles. The van der Waals surface area contributed by atoms with Gasteiger partial charge in [-0.05, 0) is 49.1 Å². The average molecular weight is 474 g/mol. The molecule has 0 saturated carbocycles. The number of hydrogen-bond acceptors (Lipinski definition) is 7. The lowest BCUT2D eigenvalue weighted by Gasteiger charge is -2.32. The van der Waals surface area contributed by atoms with Crippen molar-refractivity contribution in [1.29, 1.82) is 0 Å². The van der Waals surface area contributed by atoms with E-state index >= 15 is 0 Å². The standard InChI is InChI=1S/C27H27N3O5/c1-32-20-9-5-7-18(13-20)14-22-17-28-26(34-22)24-11-3-4-12-30(24)27(31)25-16-23(29-35-25)19-8-6-10-21(15-19)33-2/h5-10,13,15-17,24H,3-4,11-12,14H2,1-2H3. The van der Waals surface area contributed by atoms with Gasteiger partial charge in [-0.3, -0.25) is 4.79 Å². The summed E-state index contributed by atoms with van der Waals surface area (Å²) in [5.74, 6) is 2.77. The van der Waals surface area contributed by atoms with Crippen molar-refractivity contribution in [1.82, 2.24) is 15.0 Å². The molecule has 4 aromatic rings. The Bertz CT molecular complexity index is 1310. The third-order valence-electron chi connectivity index (χ3n) is 6.22. The van der Waals surface area contributed by atoms with E-state index in [1.807, 2.05) is 48.5 Å². The van der Waals surface area contributed by atoms with Crippen LogP contribution in [0.15, 0.2) is 69.7 Å². The van der Waals surface area contributed by atoms with Crippen LogP contribution in [0, 0.1) is 0 Å². The quantitative estimate of drug-likeness (QED) is 0.359. The molecule has 35 heavy (non-hydrogen) atoms. The summed E-state index contributed by atoms with van der Waals surface area (Å²) >= 11 is 0. The van der Waals surface area contributed by atoms with Crippen molar-refractivity contribution in [2.75, 3.05) is 20.8 Å². The van der Waals surface area contributed by atoms with Crippen LogP contribution >= 0.6 is 0 Å². The van der Waals surface area contributed by atoms with Gasteiger partial charge in [-0.1, -0.05) is 29.4 Å². The minimum Gasteiger partial charge on any atom is -0.497 e. The molecule has 0 aliphatic carbocycles. The summed E-state index contributed by atoms with van der Waals surface area (Å²) in [6.45, 7) is 0.603. The number of rotatable bonds is 7. The normalized spacial score (nSPS) is 15.7. The van der Waals surface area contributed by atoms with Crippen LogP contribution in [-0.2, 0) is 6.42 Å². The fourth-order valence-corrected chi connectivity index (χ4v) is 4.41. The Kier molecular flexibility index (Phi) is 6.52. The summed E-state index contributed by atoms with van der Waals surface area (Å²) in [5.41, 5.74) is 2.46. The SMILES string of the molecule is COc1cccc(Cc2cnc(C3CCCCN3C(=O)c3cc(-c4cccc(OC)c4)no3)o2)c1. The summed E-state index contributed by atoms with van der Waals surface area (Å²) in [5, 5.41) is 4.11. The molecule has 1 fully saturated rings. The highest BCUT2D eigenvalue weighted by Crippen LogP contribution is 2.33. The van der Waals surface area contributed by atoms with Gasteiger partial charge >= 0.3 is 0 Å². The van der Waals surface area contributed by atoms with Crippen LogP contribution in [0.4, 0.5) is 0 Å². The number of benzene rings is 2. The molecule has 0 spiro atoms. The number of oxazole rings is 1. The van der Waals surface area contributed by atoms with E-state index in [-0.39, 0.29) is 17.7 Å².